The number of phenolic OH excluding ortho intramolecular Hbond substituents is 2. The Morgan fingerprint density at radius 1 is 0.967 bits per heavy atom. The van der Waals surface area contributed by atoms with Crippen molar-refractivity contribution in [3.05, 3.63) is 53.5 Å². The van der Waals surface area contributed by atoms with E-state index >= 15 is 0 Å². The van der Waals surface area contributed by atoms with Gasteiger partial charge in [0.1, 0.15) is 41.7 Å². The molecule has 5 atom stereocenters. The molecular formula is C21H22O9. The van der Waals surface area contributed by atoms with Gasteiger partial charge >= 0.3 is 5.97 Å². The van der Waals surface area contributed by atoms with Gasteiger partial charge in [0.15, 0.2) is 0 Å². The minimum Gasteiger partial charge on any atom is -0.508 e. The van der Waals surface area contributed by atoms with E-state index in [4.69, 9.17) is 20.1 Å². The molecule has 0 spiro atoms. The monoisotopic (exact) mass is 422 g/mol. The van der Waals surface area contributed by atoms with Gasteiger partial charge in [-0.3, -0.25) is 4.79 Å². The van der Waals surface area contributed by atoms with Crippen molar-refractivity contribution in [2.75, 3.05) is 0 Å². The highest BCUT2D eigenvalue weighted by molar-refractivity contribution is 5.71. The Morgan fingerprint density at radius 3 is 2.30 bits per heavy atom. The molecule has 30 heavy (non-hydrogen) atoms. The number of carbonyl (C=O) groups is 1. The second-order valence-corrected chi connectivity index (χ2v) is 6.59. The minimum atomic E-state index is -1.75. The van der Waals surface area contributed by atoms with Gasteiger partial charge in [-0.2, -0.15) is 0 Å². The zero-order chi connectivity index (χ0) is 25.3. The van der Waals surface area contributed by atoms with Gasteiger partial charge in [0, 0.05) is 6.07 Å². The highest BCUT2D eigenvalue weighted by Crippen LogP contribution is 2.29. The highest BCUT2D eigenvalue weighted by Gasteiger charge is 2.45. The van der Waals surface area contributed by atoms with E-state index in [0.29, 0.717) is 0 Å². The third-order valence-corrected chi connectivity index (χ3v) is 4.28. The summed E-state index contributed by atoms with van der Waals surface area (Å²) in [5.41, 5.74) is 0.158. The van der Waals surface area contributed by atoms with Crippen molar-refractivity contribution in [1.29, 1.82) is 0 Å². The van der Waals surface area contributed by atoms with E-state index in [1.165, 1.54) is 24.3 Å². The zero-order valence-electron chi connectivity index (χ0n) is 19.4. The molecule has 9 nitrogen and oxygen atoms in total. The predicted octanol–water partition coefficient (Wildman–Crippen LogP) is 0.929. The van der Waals surface area contributed by atoms with E-state index in [-0.39, 0.29) is 22.6 Å². The number of ether oxygens (including phenoxy) is 2. The number of aliphatic hydroxyl groups excluding tert-OH is 3. The summed E-state index contributed by atoms with van der Waals surface area (Å²) < 4.78 is 42.0. The maximum Gasteiger partial charge on any atom is 0.306 e. The van der Waals surface area contributed by atoms with E-state index in [9.17, 15) is 30.3 Å². The lowest BCUT2D eigenvalue weighted by Crippen LogP contribution is -2.59. The smallest absolute Gasteiger partial charge is 0.306 e. The van der Waals surface area contributed by atoms with Crippen LogP contribution in [0.4, 0.5) is 0 Å². The second-order valence-electron chi connectivity index (χ2n) is 6.59. The standard InChI is InChI=1S/C21H22O9/c22-13-5-3-11(4-6-13)1-2-12-7-14(23)9-15(8-12)29-21-20(28)19(27)18(26)16(30-21)10-17(24)25/h1-9,16,18-23,26-28H,10H2,(H,24,25)/b2-1+/t16-,18-,19+,20-,21-/m1/s1/i3D,4D,5D,6D. The molecule has 160 valence electrons. The van der Waals surface area contributed by atoms with Crippen LogP contribution in [0.3, 0.4) is 0 Å². The van der Waals surface area contributed by atoms with Gasteiger partial charge in [0.2, 0.25) is 6.29 Å². The van der Waals surface area contributed by atoms with Crippen LogP contribution in [-0.4, -0.2) is 67.3 Å². The highest BCUT2D eigenvalue weighted by atomic mass is 16.7. The molecule has 2 aromatic rings. The summed E-state index contributed by atoms with van der Waals surface area (Å²) in [7, 11) is 0. The normalized spacial score (nSPS) is 28.4. The lowest BCUT2D eigenvalue weighted by atomic mass is 9.97. The average molecular weight is 422 g/mol. The van der Waals surface area contributed by atoms with Gasteiger partial charge in [-0.05, 0) is 35.3 Å². The number of phenols is 2. The molecule has 9 heteroatoms. The number of hydrogen-bond acceptors (Lipinski definition) is 8. The molecule has 0 saturated carbocycles. The van der Waals surface area contributed by atoms with Crippen LogP contribution in [0, 0.1) is 0 Å². The Kier molecular flexibility index (Phi) is 5.08. The van der Waals surface area contributed by atoms with Crippen LogP contribution in [-0.2, 0) is 9.53 Å². The average Bonchev–Trinajstić information content (AvgIpc) is 2.77. The first-order valence-electron chi connectivity index (χ1n) is 10.8. The summed E-state index contributed by atoms with van der Waals surface area (Å²) in [5.74, 6) is -2.44. The topological polar surface area (TPSA) is 157 Å². The first kappa shape index (κ1) is 16.7. The van der Waals surface area contributed by atoms with Crippen molar-refractivity contribution < 1.29 is 50.4 Å². The molecule has 0 bridgehead atoms. The van der Waals surface area contributed by atoms with Crippen molar-refractivity contribution >= 4 is 18.1 Å². The van der Waals surface area contributed by atoms with Crippen LogP contribution in [0.5, 0.6) is 17.2 Å². The lowest BCUT2D eigenvalue weighted by molar-refractivity contribution is -0.272. The number of aliphatic carboxylic acids is 1. The molecule has 1 aliphatic rings. The SMILES string of the molecule is [2H]c1c([2H])c(/C=C/c2cc(O)cc(O[C@@H]3O[C@H](CC(=O)O)[C@@H](O)[C@H](O)[C@H]3O)c2)c([2H])c([2H])c1O. The molecule has 1 heterocycles. The molecule has 0 aromatic heterocycles. The van der Waals surface area contributed by atoms with E-state index in [1.54, 1.807) is 0 Å². The molecule has 6 N–H and O–H groups in total. The molecule has 2 aromatic carbocycles. The Bertz CT molecular complexity index is 1090. The first-order valence-corrected chi connectivity index (χ1v) is 8.80. The molecule has 3 rings (SSSR count). The summed E-state index contributed by atoms with van der Waals surface area (Å²) in [6.07, 6.45) is -6.16. The fraction of sp³-hybridized carbons (Fsp3) is 0.286. The van der Waals surface area contributed by atoms with E-state index < -0.39 is 73.0 Å². The molecule has 0 aliphatic carbocycles. The summed E-state index contributed by atoms with van der Waals surface area (Å²) in [5, 5.41) is 58.7. The molecule has 0 unspecified atom stereocenters. The van der Waals surface area contributed by atoms with Crippen LogP contribution in [0.1, 0.15) is 23.0 Å². The maximum atomic E-state index is 11.0. The summed E-state index contributed by atoms with van der Waals surface area (Å²) >= 11 is 0. The molecular weight excluding hydrogens is 396 g/mol. The molecule has 1 saturated heterocycles. The number of aliphatic hydroxyl groups is 3. The number of aromatic hydroxyl groups is 2. The van der Waals surface area contributed by atoms with Crippen LogP contribution in [0.2, 0.25) is 0 Å². The number of benzene rings is 2. The molecule has 0 amide bonds. The van der Waals surface area contributed by atoms with Crippen LogP contribution >= 0.6 is 0 Å². The Hall–Kier alpha value is -3.11. The maximum absolute atomic E-state index is 11.0. The number of carboxylic acid groups (broad SMARTS) is 1. The van der Waals surface area contributed by atoms with Crippen molar-refractivity contribution in [2.24, 2.45) is 0 Å². The van der Waals surface area contributed by atoms with E-state index in [1.807, 2.05) is 0 Å². The van der Waals surface area contributed by atoms with Gasteiger partial charge in [0.25, 0.3) is 0 Å². The van der Waals surface area contributed by atoms with Crippen LogP contribution in [0.15, 0.2) is 42.4 Å². The van der Waals surface area contributed by atoms with Crippen molar-refractivity contribution in [3.8, 4) is 17.2 Å². The largest absolute Gasteiger partial charge is 0.508 e. The van der Waals surface area contributed by atoms with Crippen molar-refractivity contribution in [1.82, 2.24) is 0 Å². The predicted molar refractivity (Wildman–Crippen MR) is 105 cm³/mol. The van der Waals surface area contributed by atoms with Crippen molar-refractivity contribution in [2.45, 2.75) is 37.1 Å². The van der Waals surface area contributed by atoms with Gasteiger partial charge in [-0.1, -0.05) is 24.2 Å². The third kappa shape index (κ3) is 5.28. The lowest BCUT2D eigenvalue weighted by Gasteiger charge is -2.39. The fourth-order valence-electron chi connectivity index (χ4n) is 2.84. The van der Waals surface area contributed by atoms with Gasteiger partial charge in [-0.25, -0.2) is 0 Å². The fourth-order valence-corrected chi connectivity index (χ4v) is 2.84. The van der Waals surface area contributed by atoms with Crippen molar-refractivity contribution in [3.63, 3.8) is 0 Å². The summed E-state index contributed by atoms with van der Waals surface area (Å²) in [4.78, 5) is 11.0. The van der Waals surface area contributed by atoms with Crippen LogP contribution < -0.4 is 4.74 Å². The number of rotatable bonds is 6. The molecule has 1 fully saturated rings. The van der Waals surface area contributed by atoms with E-state index in [0.717, 1.165) is 6.07 Å². The number of carboxylic acids is 1. The second kappa shape index (κ2) is 9.14. The molecule has 1 aliphatic heterocycles. The zero-order valence-corrected chi connectivity index (χ0v) is 15.4. The Labute approximate surface area is 177 Å². The molecule has 0 radical (unpaired) electrons. The number of hydrogen-bond donors (Lipinski definition) is 6. The Morgan fingerprint density at radius 2 is 1.63 bits per heavy atom. The van der Waals surface area contributed by atoms with Gasteiger partial charge in [0.05, 0.1) is 11.9 Å². The van der Waals surface area contributed by atoms with Gasteiger partial charge < -0.3 is 40.1 Å². The third-order valence-electron chi connectivity index (χ3n) is 4.28. The van der Waals surface area contributed by atoms with Gasteiger partial charge in [-0.15, -0.1) is 0 Å². The van der Waals surface area contributed by atoms with E-state index in [2.05, 4.69) is 0 Å². The quantitative estimate of drug-likeness (QED) is 0.373. The minimum absolute atomic E-state index is 0.0633. The summed E-state index contributed by atoms with van der Waals surface area (Å²) in [6, 6.07) is 1.62. The van der Waals surface area contributed by atoms with Crippen LogP contribution in [0.25, 0.3) is 12.2 Å². The summed E-state index contributed by atoms with van der Waals surface area (Å²) in [6.45, 7) is 0. The Balaban J connectivity index is 1.87. The first-order chi connectivity index (χ1) is 15.9.